The third kappa shape index (κ3) is 4.48. The summed E-state index contributed by atoms with van der Waals surface area (Å²) < 4.78 is 41.0. The molecule has 0 fully saturated rings. The largest absolute Gasteiger partial charge is 0.416 e. The SMILES string of the molecule is CC(NC(=O)c1cccc(C(F)(F)F)c1)c1nc2ccccc2n1Cc1ccccc1Cl. The van der Waals surface area contributed by atoms with Gasteiger partial charge in [0.25, 0.3) is 5.91 Å². The number of nitrogens with one attached hydrogen (secondary N) is 1. The highest BCUT2D eigenvalue weighted by molar-refractivity contribution is 6.31. The summed E-state index contributed by atoms with van der Waals surface area (Å²) in [7, 11) is 0. The van der Waals surface area contributed by atoms with Crippen LogP contribution in [0.25, 0.3) is 11.0 Å². The molecule has 0 spiro atoms. The van der Waals surface area contributed by atoms with Crippen molar-refractivity contribution in [2.45, 2.75) is 25.7 Å². The summed E-state index contributed by atoms with van der Waals surface area (Å²) in [6, 6.07) is 18.8. The van der Waals surface area contributed by atoms with Gasteiger partial charge in [-0.05, 0) is 48.9 Å². The molecule has 0 aliphatic heterocycles. The van der Waals surface area contributed by atoms with Crippen LogP contribution in [0.1, 0.15) is 40.3 Å². The maximum Gasteiger partial charge on any atom is 0.416 e. The quantitative estimate of drug-likeness (QED) is 0.385. The van der Waals surface area contributed by atoms with Gasteiger partial charge in [0.15, 0.2) is 0 Å². The Balaban J connectivity index is 1.66. The van der Waals surface area contributed by atoms with E-state index >= 15 is 0 Å². The number of hydrogen-bond acceptors (Lipinski definition) is 2. The lowest BCUT2D eigenvalue weighted by Gasteiger charge is -2.17. The van der Waals surface area contributed by atoms with Gasteiger partial charge in [0.2, 0.25) is 0 Å². The van der Waals surface area contributed by atoms with E-state index in [2.05, 4.69) is 10.3 Å². The van der Waals surface area contributed by atoms with Crippen molar-refractivity contribution in [2.75, 3.05) is 0 Å². The van der Waals surface area contributed by atoms with Gasteiger partial charge < -0.3 is 9.88 Å². The van der Waals surface area contributed by atoms with E-state index in [1.165, 1.54) is 12.1 Å². The summed E-state index contributed by atoms with van der Waals surface area (Å²) in [5.41, 5.74) is 1.55. The topological polar surface area (TPSA) is 46.9 Å². The van der Waals surface area contributed by atoms with E-state index in [1.807, 2.05) is 47.0 Å². The molecule has 32 heavy (non-hydrogen) atoms. The number of aromatic nitrogens is 2. The second-order valence-corrected chi connectivity index (χ2v) is 7.82. The van der Waals surface area contributed by atoms with Gasteiger partial charge in [-0.1, -0.05) is 48.0 Å². The fourth-order valence-corrected chi connectivity index (χ4v) is 3.76. The molecule has 4 nitrogen and oxygen atoms in total. The summed E-state index contributed by atoms with van der Waals surface area (Å²) >= 11 is 6.34. The van der Waals surface area contributed by atoms with Crippen LogP contribution in [-0.4, -0.2) is 15.5 Å². The van der Waals surface area contributed by atoms with Crippen molar-refractivity contribution in [1.29, 1.82) is 0 Å². The lowest BCUT2D eigenvalue weighted by Crippen LogP contribution is -2.29. The Kier molecular flexibility index (Phi) is 5.93. The van der Waals surface area contributed by atoms with Gasteiger partial charge in [-0.3, -0.25) is 4.79 Å². The smallest absolute Gasteiger partial charge is 0.342 e. The van der Waals surface area contributed by atoms with Crippen molar-refractivity contribution in [3.05, 3.63) is 100 Å². The van der Waals surface area contributed by atoms with Crippen LogP contribution in [-0.2, 0) is 12.7 Å². The first-order chi connectivity index (χ1) is 15.2. The number of imidazole rings is 1. The molecular formula is C24H19ClF3N3O. The van der Waals surface area contributed by atoms with Crippen molar-refractivity contribution in [2.24, 2.45) is 0 Å². The third-order valence-corrected chi connectivity index (χ3v) is 5.53. The highest BCUT2D eigenvalue weighted by Gasteiger charge is 2.31. The fourth-order valence-electron chi connectivity index (χ4n) is 3.57. The monoisotopic (exact) mass is 457 g/mol. The molecule has 164 valence electrons. The highest BCUT2D eigenvalue weighted by atomic mass is 35.5. The number of hydrogen-bond donors (Lipinski definition) is 1. The number of fused-ring (bicyclic) bond motifs is 1. The summed E-state index contributed by atoms with van der Waals surface area (Å²) in [6.45, 7) is 2.18. The van der Waals surface area contributed by atoms with Crippen molar-refractivity contribution in [1.82, 2.24) is 14.9 Å². The number of nitrogens with zero attached hydrogens (tertiary/aromatic N) is 2. The van der Waals surface area contributed by atoms with Crippen LogP contribution in [0.4, 0.5) is 13.2 Å². The molecule has 1 aromatic heterocycles. The molecule has 1 heterocycles. The first-order valence-corrected chi connectivity index (χ1v) is 10.3. The van der Waals surface area contributed by atoms with Gasteiger partial charge in [0, 0.05) is 10.6 Å². The molecule has 0 aliphatic rings. The van der Waals surface area contributed by atoms with Gasteiger partial charge in [0.1, 0.15) is 5.82 Å². The average molecular weight is 458 g/mol. The number of benzene rings is 3. The predicted octanol–water partition coefficient (Wildman–Crippen LogP) is 6.25. The van der Waals surface area contributed by atoms with Gasteiger partial charge in [-0.15, -0.1) is 0 Å². The summed E-state index contributed by atoms with van der Waals surface area (Å²) in [5.74, 6) is -0.0357. The molecule has 1 unspecified atom stereocenters. The zero-order valence-electron chi connectivity index (χ0n) is 17.0. The second kappa shape index (κ2) is 8.67. The molecular weight excluding hydrogens is 439 g/mol. The van der Waals surface area contributed by atoms with E-state index in [0.29, 0.717) is 17.4 Å². The van der Waals surface area contributed by atoms with Crippen LogP contribution in [0.2, 0.25) is 5.02 Å². The molecule has 4 rings (SSSR count). The van der Waals surface area contributed by atoms with Gasteiger partial charge in [-0.2, -0.15) is 13.2 Å². The maximum atomic E-state index is 13.0. The number of alkyl halides is 3. The summed E-state index contributed by atoms with van der Waals surface area (Å²) in [4.78, 5) is 17.4. The molecule has 1 atom stereocenters. The Hall–Kier alpha value is -3.32. The predicted molar refractivity (Wildman–Crippen MR) is 118 cm³/mol. The van der Waals surface area contributed by atoms with Gasteiger partial charge in [-0.25, -0.2) is 4.98 Å². The molecule has 1 N–H and O–H groups in total. The lowest BCUT2D eigenvalue weighted by atomic mass is 10.1. The Labute approximate surface area is 187 Å². The number of amides is 1. The minimum atomic E-state index is -4.52. The van der Waals surface area contributed by atoms with Crippen molar-refractivity contribution >= 4 is 28.5 Å². The van der Waals surface area contributed by atoms with Crippen LogP contribution >= 0.6 is 11.6 Å². The summed E-state index contributed by atoms with van der Waals surface area (Å²) in [5, 5.41) is 3.38. The standard InChI is InChI=1S/C24H19ClF3N3O/c1-15(29-23(32)16-8-6-9-18(13-16)24(26,27)28)22-30-20-11-4-5-12-21(20)31(22)14-17-7-2-3-10-19(17)25/h2-13,15H,14H2,1H3,(H,29,32). The molecule has 0 radical (unpaired) electrons. The van der Waals surface area contributed by atoms with Crippen LogP contribution < -0.4 is 5.32 Å². The number of para-hydroxylation sites is 2. The Morgan fingerprint density at radius 3 is 2.53 bits per heavy atom. The molecule has 3 aromatic carbocycles. The molecule has 0 saturated carbocycles. The van der Waals surface area contributed by atoms with Crippen LogP contribution in [0.5, 0.6) is 0 Å². The first kappa shape index (κ1) is 21.9. The Morgan fingerprint density at radius 2 is 1.78 bits per heavy atom. The van der Waals surface area contributed by atoms with E-state index < -0.39 is 23.7 Å². The summed E-state index contributed by atoms with van der Waals surface area (Å²) in [6.07, 6.45) is -4.52. The van der Waals surface area contributed by atoms with Crippen LogP contribution in [0.3, 0.4) is 0 Å². The van der Waals surface area contributed by atoms with E-state index in [4.69, 9.17) is 11.6 Å². The Bertz CT molecular complexity index is 1280. The average Bonchev–Trinajstić information content (AvgIpc) is 3.13. The van der Waals surface area contributed by atoms with Crippen LogP contribution in [0.15, 0.2) is 72.8 Å². The lowest BCUT2D eigenvalue weighted by molar-refractivity contribution is -0.137. The molecule has 8 heteroatoms. The van der Waals surface area contributed by atoms with Crippen LogP contribution in [0, 0.1) is 0 Å². The van der Waals surface area contributed by atoms with Crippen molar-refractivity contribution in [3.8, 4) is 0 Å². The minimum absolute atomic E-state index is 0.0690. The first-order valence-electron chi connectivity index (χ1n) is 9.91. The van der Waals surface area contributed by atoms with E-state index in [-0.39, 0.29) is 5.56 Å². The number of rotatable bonds is 5. The van der Waals surface area contributed by atoms with Gasteiger partial charge in [0.05, 0.1) is 29.2 Å². The normalized spacial score (nSPS) is 12.7. The van der Waals surface area contributed by atoms with E-state index in [1.54, 1.807) is 13.0 Å². The molecule has 0 aliphatic carbocycles. The molecule has 1 amide bonds. The Morgan fingerprint density at radius 1 is 1.06 bits per heavy atom. The third-order valence-electron chi connectivity index (χ3n) is 5.16. The number of halogens is 4. The van der Waals surface area contributed by atoms with Gasteiger partial charge >= 0.3 is 6.18 Å². The number of carbonyl (C=O) groups is 1. The highest BCUT2D eigenvalue weighted by Crippen LogP contribution is 2.30. The van der Waals surface area contributed by atoms with E-state index in [0.717, 1.165) is 28.7 Å². The minimum Gasteiger partial charge on any atom is -0.342 e. The maximum absolute atomic E-state index is 13.0. The van der Waals surface area contributed by atoms with Crippen molar-refractivity contribution < 1.29 is 18.0 Å². The zero-order chi connectivity index (χ0) is 22.9. The fraction of sp³-hybridized carbons (Fsp3) is 0.167. The number of carbonyl (C=O) groups excluding carboxylic acids is 1. The molecule has 0 saturated heterocycles. The second-order valence-electron chi connectivity index (χ2n) is 7.41. The zero-order valence-corrected chi connectivity index (χ0v) is 17.8. The van der Waals surface area contributed by atoms with E-state index in [9.17, 15) is 18.0 Å². The molecule has 0 bridgehead atoms. The van der Waals surface area contributed by atoms with Crippen molar-refractivity contribution in [3.63, 3.8) is 0 Å². The molecule has 4 aromatic rings.